The van der Waals surface area contributed by atoms with Crippen molar-refractivity contribution < 1.29 is 19.4 Å². The Morgan fingerprint density at radius 2 is 1.68 bits per heavy atom. The van der Waals surface area contributed by atoms with Gasteiger partial charge >= 0.3 is 5.97 Å². The molecule has 3 rings (SSSR count). The molecule has 0 atom stereocenters. The molecule has 0 aliphatic carbocycles. The zero-order chi connectivity index (χ0) is 19.9. The molecule has 0 saturated heterocycles. The number of carboxylic acids is 1. The van der Waals surface area contributed by atoms with Crippen LogP contribution in [0.1, 0.15) is 17.5 Å². The minimum absolute atomic E-state index is 0.0628. The van der Waals surface area contributed by atoms with Crippen molar-refractivity contribution in [3.05, 3.63) is 87.9 Å². The van der Waals surface area contributed by atoms with E-state index in [-0.39, 0.29) is 6.42 Å². The van der Waals surface area contributed by atoms with Crippen molar-refractivity contribution in [3.8, 4) is 17.2 Å². The van der Waals surface area contributed by atoms with Crippen molar-refractivity contribution in [1.29, 1.82) is 0 Å². The van der Waals surface area contributed by atoms with E-state index in [4.69, 9.17) is 37.8 Å². The molecule has 0 saturated carbocycles. The van der Waals surface area contributed by atoms with Crippen LogP contribution in [-0.2, 0) is 17.8 Å². The van der Waals surface area contributed by atoms with Crippen molar-refractivity contribution in [2.24, 2.45) is 0 Å². The minimum Gasteiger partial charge on any atom is -0.489 e. The summed E-state index contributed by atoms with van der Waals surface area (Å²) in [6.45, 7) is 0.336. The van der Waals surface area contributed by atoms with Crippen LogP contribution < -0.4 is 9.47 Å². The second-order valence-electron chi connectivity index (χ2n) is 6.12. The zero-order valence-corrected chi connectivity index (χ0v) is 16.4. The summed E-state index contributed by atoms with van der Waals surface area (Å²) in [4.78, 5) is 10.8. The highest BCUT2D eigenvalue weighted by Crippen LogP contribution is 2.30. The second-order valence-corrected chi connectivity index (χ2v) is 6.93. The average Bonchev–Trinajstić information content (AvgIpc) is 2.68. The Kier molecular flexibility index (Phi) is 6.80. The number of aryl methyl sites for hydroxylation is 1. The van der Waals surface area contributed by atoms with Gasteiger partial charge in [0, 0.05) is 12.5 Å². The Labute approximate surface area is 173 Å². The van der Waals surface area contributed by atoms with Crippen molar-refractivity contribution in [2.75, 3.05) is 0 Å². The van der Waals surface area contributed by atoms with Crippen LogP contribution in [0.4, 0.5) is 0 Å². The van der Waals surface area contributed by atoms with Gasteiger partial charge in [0.2, 0.25) is 0 Å². The van der Waals surface area contributed by atoms with E-state index in [1.54, 1.807) is 18.2 Å². The number of hydrogen-bond donors (Lipinski definition) is 1. The molecule has 0 amide bonds. The van der Waals surface area contributed by atoms with E-state index in [1.165, 1.54) is 0 Å². The predicted octanol–water partition coefficient (Wildman–Crippen LogP) is 6.38. The van der Waals surface area contributed by atoms with E-state index in [0.717, 1.165) is 11.1 Å². The van der Waals surface area contributed by atoms with Crippen LogP contribution in [0.2, 0.25) is 10.0 Å². The number of para-hydroxylation sites is 1. The smallest absolute Gasteiger partial charge is 0.303 e. The number of rotatable bonds is 8. The molecule has 0 aliphatic rings. The quantitative estimate of drug-likeness (QED) is 0.462. The van der Waals surface area contributed by atoms with Gasteiger partial charge in [-0.15, -0.1) is 0 Å². The Morgan fingerprint density at radius 1 is 0.893 bits per heavy atom. The van der Waals surface area contributed by atoms with Crippen LogP contribution in [0.15, 0.2) is 66.7 Å². The van der Waals surface area contributed by atoms with Crippen LogP contribution in [0.5, 0.6) is 17.2 Å². The number of halogens is 2. The number of carboxylic acid groups (broad SMARTS) is 1. The summed E-state index contributed by atoms with van der Waals surface area (Å²) in [5.41, 5.74) is 1.79. The SMILES string of the molecule is O=C(O)CCc1ccccc1OCc1cccc(Oc2ccc(Cl)c(Cl)c2)c1. The standard InChI is InChI=1S/C22H18Cl2O4/c23-19-10-9-18(13-20(19)24)28-17-6-3-4-15(12-17)14-27-21-7-2-1-5-16(21)8-11-22(25)26/h1-7,9-10,12-13H,8,11,14H2,(H,25,26). The molecule has 0 fully saturated rings. The third-order valence-electron chi connectivity index (χ3n) is 4.00. The second kappa shape index (κ2) is 9.49. The van der Waals surface area contributed by atoms with Crippen LogP contribution in [0.3, 0.4) is 0 Å². The van der Waals surface area contributed by atoms with Gasteiger partial charge in [-0.1, -0.05) is 53.5 Å². The summed E-state index contributed by atoms with van der Waals surface area (Å²) in [7, 11) is 0. The molecule has 0 spiro atoms. The lowest BCUT2D eigenvalue weighted by Gasteiger charge is -2.12. The molecule has 0 unspecified atom stereocenters. The third kappa shape index (κ3) is 5.65. The Morgan fingerprint density at radius 3 is 2.46 bits per heavy atom. The number of ether oxygens (including phenoxy) is 2. The number of hydrogen-bond acceptors (Lipinski definition) is 3. The Bertz CT molecular complexity index is 972. The molecule has 3 aromatic carbocycles. The molecule has 6 heteroatoms. The summed E-state index contributed by atoms with van der Waals surface area (Å²) >= 11 is 11.9. The molecule has 0 aromatic heterocycles. The van der Waals surface area contributed by atoms with E-state index in [0.29, 0.717) is 40.3 Å². The summed E-state index contributed by atoms with van der Waals surface area (Å²) in [5.74, 6) is 1.09. The highest BCUT2D eigenvalue weighted by Gasteiger charge is 2.07. The van der Waals surface area contributed by atoms with Gasteiger partial charge < -0.3 is 14.6 Å². The van der Waals surface area contributed by atoms with E-state index in [9.17, 15) is 4.79 Å². The predicted molar refractivity (Wildman–Crippen MR) is 110 cm³/mol. The lowest BCUT2D eigenvalue weighted by molar-refractivity contribution is -0.136. The summed E-state index contributed by atoms with van der Waals surface area (Å²) in [6, 6.07) is 20.1. The summed E-state index contributed by atoms with van der Waals surface area (Å²) < 4.78 is 11.7. The van der Waals surface area contributed by atoms with E-state index in [1.807, 2.05) is 48.5 Å². The molecule has 0 bridgehead atoms. The maximum atomic E-state index is 10.8. The van der Waals surface area contributed by atoms with E-state index >= 15 is 0 Å². The summed E-state index contributed by atoms with van der Waals surface area (Å²) in [6.07, 6.45) is 0.485. The van der Waals surface area contributed by atoms with E-state index < -0.39 is 5.97 Å². The number of carbonyl (C=O) groups is 1. The first-order valence-electron chi connectivity index (χ1n) is 8.65. The fraction of sp³-hybridized carbons (Fsp3) is 0.136. The first kappa shape index (κ1) is 20.1. The fourth-order valence-electron chi connectivity index (χ4n) is 2.63. The zero-order valence-electron chi connectivity index (χ0n) is 14.9. The molecule has 4 nitrogen and oxygen atoms in total. The van der Waals surface area contributed by atoms with Gasteiger partial charge in [0.1, 0.15) is 23.9 Å². The molecule has 144 valence electrons. The van der Waals surface area contributed by atoms with Crippen molar-refractivity contribution >= 4 is 29.2 Å². The summed E-state index contributed by atoms with van der Waals surface area (Å²) in [5, 5.41) is 9.78. The van der Waals surface area contributed by atoms with E-state index in [2.05, 4.69) is 0 Å². The Hall–Kier alpha value is -2.69. The van der Waals surface area contributed by atoms with Crippen LogP contribution in [0.25, 0.3) is 0 Å². The normalized spacial score (nSPS) is 10.5. The third-order valence-corrected chi connectivity index (χ3v) is 4.74. The van der Waals surface area contributed by atoms with Crippen LogP contribution >= 0.6 is 23.2 Å². The lowest BCUT2D eigenvalue weighted by Crippen LogP contribution is -2.02. The van der Waals surface area contributed by atoms with Gasteiger partial charge in [0.15, 0.2) is 0 Å². The maximum Gasteiger partial charge on any atom is 0.303 e. The molecule has 0 radical (unpaired) electrons. The molecule has 0 aliphatic heterocycles. The first-order chi connectivity index (χ1) is 13.5. The van der Waals surface area contributed by atoms with Crippen molar-refractivity contribution in [2.45, 2.75) is 19.4 Å². The largest absolute Gasteiger partial charge is 0.489 e. The lowest BCUT2D eigenvalue weighted by atomic mass is 10.1. The first-order valence-corrected chi connectivity index (χ1v) is 9.41. The van der Waals surface area contributed by atoms with Crippen molar-refractivity contribution in [3.63, 3.8) is 0 Å². The molecular formula is C22H18Cl2O4. The Balaban J connectivity index is 1.67. The van der Waals surface area contributed by atoms with Gasteiger partial charge in [0.25, 0.3) is 0 Å². The molecule has 1 N–H and O–H groups in total. The number of aliphatic carboxylic acids is 1. The average molecular weight is 417 g/mol. The fourth-order valence-corrected chi connectivity index (χ4v) is 2.92. The maximum absolute atomic E-state index is 10.8. The molecule has 28 heavy (non-hydrogen) atoms. The van der Waals surface area contributed by atoms with Gasteiger partial charge in [-0.3, -0.25) is 4.79 Å². The minimum atomic E-state index is -0.832. The monoisotopic (exact) mass is 416 g/mol. The van der Waals surface area contributed by atoms with Gasteiger partial charge in [-0.05, 0) is 47.9 Å². The molecular weight excluding hydrogens is 399 g/mol. The molecule has 3 aromatic rings. The van der Waals surface area contributed by atoms with Crippen molar-refractivity contribution in [1.82, 2.24) is 0 Å². The van der Waals surface area contributed by atoms with Gasteiger partial charge in [-0.25, -0.2) is 0 Å². The number of benzene rings is 3. The van der Waals surface area contributed by atoms with Gasteiger partial charge in [-0.2, -0.15) is 0 Å². The molecule has 0 heterocycles. The van der Waals surface area contributed by atoms with Crippen LogP contribution in [-0.4, -0.2) is 11.1 Å². The highest BCUT2D eigenvalue weighted by molar-refractivity contribution is 6.42. The highest BCUT2D eigenvalue weighted by atomic mass is 35.5. The van der Waals surface area contributed by atoms with Gasteiger partial charge in [0.05, 0.1) is 10.0 Å². The van der Waals surface area contributed by atoms with Crippen LogP contribution in [0, 0.1) is 0 Å². The topological polar surface area (TPSA) is 55.8 Å².